The summed E-state index contributed by atoms with van der Waals surface area (Å²) in [6.45, 7) is 6.16. The molecule has 2 heterocycles. The average molecular weight is 335 g/mol. The van der Waals surface area contributed by atoms with Crippen LogP contribution in [-0.4, -0.2) is 50.5 Å². The van der Waals surface area contributed by atoms with Gasteiger partial charge in [0.15, 0.2) is 11.5 Å². The van der Waals surface area contributed by atoms with Crippen LogP contribution in [0.1, 0.15) is 26.2 Å². The molecule has 0 aliphatic carbocycles. The lowest BCUT2D eigenvalue weighted by Crippen LogP contribution is -2.37. The van der Waals surface area contributed by atoms with Crippen LogP contribution < -0.4 is 14.2 Å². The molecule has 2 aliphatic rings. The summed E-state index contributed by atoms with van der Waals surface area (Å²) < 4.78 is 21.5. The van der Waals surface area contributed by atoms with Crippen LogP contribution in [0.5, 0.6) is 17.2 Å². The zero-order valence-electron chi connectivity index (χ0n) is 14.2. The zero-order chi connectivity index (χ0) is 16.8. The SMILES string of the molecule is CCOC(=O)C1CCN(CCCOc2ccc3c(c2)OCO3)CC1. The molecule has 0 unspecified atom stereocenters. The first-order valence-electron chi connectivity index (χ1n) is 8.67. The number of esters is 1. The highest BCUT2D eigenvalue weighted by atomic mass is 16.7. The Morgan fingerprint density at radius 3 is 2.83 bits per heavy atom. The van der Waals surface area contributed by atoms with Crippen molar-refractivity contribution in [1.82, 2.24) is 4.90 Å². The molecular formula is C18H25NO5. The first kappa shape index (κ1) is 16.9. The van der Waals surface area contributed by atoms with Crippen LogP contribution in [0.3, 0.4) is 0 Å². The molecule has 2 aliphatic heterocycles. The largest absolute Gasteiger partial charge is 0.493 e. The molecule has 3 rings (SSSR count). The van der Waals surface area contributed by atoms with E-state index >= 15 is 0 Å². The lowest BCUT2D eigenvalue weighted by Gasteiger charge is -2.30. The molecule has 0 saturated carbocycles. The second-order valence-electron chi connectivity index (χ2n) is 6.09. The van der Waals surface area contributed by atoms with Crippen molar-refractivity contribution < 1.29 is 23.7 Å². The third-order valence-electron chi connectivity index (χ3n) is 4.44. The summed E-state index contributed by atoms with van der Waals surface area (Å²) in [5.41, 5.74) is 0. The van der Waals surface area contributed by atoms with E-state index in [-0.39, 0.29) is 18.7 Å². The van der Waals surface area contributed by atoms with E-state index in [0.29, 0.717) is 13.2 Å². The minimum absolute atomic E-state index is 0.0386. The van der Waals surface area contributed by atoms with Crippen LogP contribution in [-0.2, 0) is 9.53 Å². The fourth-order valence-electron chi connectivity index (χ4n) is 3.10. The van der Waals surface area contributed by atoms with Crippen LogP contribution >= 0.6 is 0 Å². The molecule has 6 heteroatoms. The maximum atomic E-state index is 11.7. The Hall–Kier alpha value is -1.95. The van der Waals surface area contributed by atoms with E-state index in [0.717, 1.165) is 56.1 Å². The number of hydrogen-bond acceptors (Lipinski definition) is 6. The lowest BCUT2D eigenvalue weighted by atomic mass is 9.97. The van der Waals surface area contributed by atoms with E-state index in [1.807, 2.05) is 25.1 Å². The number of hydrogen-bond donors (Lipinski definition) is 0. The molecule has 0 radical (unpaired) electrons. The molecule has 0 bridgehead atoms. The Bertz CT molecular complexity index is 554. The van der Waals surface area contributed by atoms with Crippen molar-refractivity contribution in [3.05, 3.63) is 18.2 Å². The molecule has 0 N–H and O–H groups in total. The van der Waals surface area contributed by atoms with Gasteiger partial charge in [0.1, 0.15) is 5.75 Å². The molecule has 6 nitrogen and oxygen atoms in total. The first-order valence-corrected chi connectivity index (χ1v) is 8.67. The number of fused-ring (bicyclic) bond motifs is 1. The smallest absolute Gasteiger partial charge is 0.309 e. The van der Waals surface area contributed by atoms with Gasteiger partial charge in [-0.1, -0.05) is 0 Å². The van der Waals surface area contributed by atoms with Crippen molar-refractivity contribution >= 4 is 5.97 Å². The molecule has 0 amide bonds. The Morgan fingerprint density at radius 1 is 1.25 bits per heavy atom. The summed E-state index contributed by atoms with van der Waals surface area (Å²) in [7, 11) is 0. The van der Waals surface area contributed by atoms with Crippen molar-refractivity contribution in [3.63, 3.8) is 0 Å². The van der Waals surface area contributed by atoms with Crippen molar-refractivity contribution in [2.75, 3.05) is 39.6 Å². The minimum Gasteiger partial charge on any atom is -0.493 e. The van der Waals surface area contributed by atoms with Crippen LogP contribution in [0.2, 0.25) is 0 Å². The zero-order valence-corrected chi connectivity index (χ0v) is 14.2. The summed E-state index contributed by atoms with van der Waals surface area (Å²) in [5, 5.41) is 0. The van der Waals surface area contributed by atoms with Crippen molar-refractivity contribution in [2.24, 2.45) is 5.92 Å². The first-order chi connectivity index (χ1) is 11.8. The predicted octanol–water partition coefficient (Wildman–Crippen LogP) is 2.46. The highest BCUT2D eigenvalue weighted by Crippen LogP contribution is 2.35. The number of carbonyl (C=O) groups excluding carboxylic acids is 1. The van der Waals surface area contributed by atoms with E-state index < -0.39 is 0 Å². The van der Waals surface area contributed by atoms with Crippen LogP contribution in [0, 0.1) is 5.92 Å². The molecule has 1 saturated heterocycles. The highest BCUT2D eigenvalue weighted by molar-refractivity contribution is 5.72. The summed E-state index contributed by atoms with van der Waals surface area (Å²) >= 11 is 0. The Kier molecular flexibility index (Phi) is 5.80. The van der Waals surface area contributed by atoms with E-state index in [1.54, 1.807) is 0 Å². The number of carbonyl (C=O) groups is 1. The average Bonchev–Trinajstić information content (AvgIpc) is 3.07. The van der Waals surface area contributed by atoms with Gasteiger partial charge >= 0.3 is 5.97 Å². The molecule has 1 aromatic rings. The standard InChI is InChI=1S/C18H25NO5/c1-2-21-18(20)14-6-9-19(10-7-14)8-3-11-22-15-4-5-16-17(12-15)24-13-23-16/h4-5,12,14H,2-3,6-11,13H2,1H3. The number of piperidine rings is 1. The van der Waals surface area contributed by atoms with Gasteiger partial charge in [-0.25, -0.2) is 0 Å². The third-order valence-corrected chi connectivity index (χ3v) is 4.44. The van der Waals surface area contributed by atoms with Gasteiger partial charge in [0.05, 0.1) is 19.1 Å². The third kappa shape index (κ3) is 4.32. The van der Waals surface area contributed by atoms with Crippen LogP contribution in [0.15, 0.2) is 18.2 Å². The number of rotatable bonds is 7. The Balaban J connectivity index is 1.32. The van der Waals surface area contributed by atoms with Gasteiger partial charge in [-0.2, -0.15) is 0 Å². The quantitative estimate of drug-likeness (QED) is 0.563. The molecule has 132 valence electrons. The predicted molar refractivity (Wildman–Crippen MR) is 88.5 cm³/mol. The summed E-state index contributed by atoms with van der Waals surface area (Å²) in [6, 6.07) is 5.64. The lowest BCUT2D eigenvalue weighted by molar-refractivity contribution is -0.149. The maximum Gasteiger partial charge on any atom is 0.309 e. The van der Waals surface area contributed by atoms with Gasteiger partial charge in [-0.05, 0) is 51.4 Å². The second kappa shape index (κ2) is 8.24. The van der Waals surface area contributed by atoms with Crippen molar-refractivity contribution in [1.29, 1.82) is 0 Å². The fraction of sp³-hybridized carbons (Fsp3) is 0.611. The summed E-state index contributed by atoms with van der Waals surface area (Å²) in [6.07, 6.45) is 2.74. The van der Waals surface area contributed by atoms with Gasteiger partial charge < -0.3 is 23.8 Å². The van der Waals surface area contributed by atoms with Crippen LogP contribution in [0.25, 0.3) is 0 Å². The number of nitrogens with zero attached hydrogens (tertiary/aromatic N) is 1. The second-order valence-corrected chi connectivity index (χ2v) is 6.09. The molecule has 0 spiro atoms. The highest BCUT2D eigenvalue weighted by Gasteiger charge is 2.25. The van der Waals surface area contributed by atoms with E-state index in [9.17, 15) is 4.79 Å². The number of ether oxygens (including phenoxy) is 4. The molecule has 0 aromatic heterocycles. The Labute approximate surface area is 142 Å². The molecule has 0 atom stereocenters. The van der Waals surface area contributed by atoms with Gasteiger partial charge in [0.2, 0.25) is 6.79 Å². The fourth-order valence-corrected chi connectivity index (χ4v) is 3.10. The molecule has 1 fully saturated rings. The van der Waals surface area contributed by atoms with E-state index in [1.165, 1.54) is 0 Å². The summed E-state index contributed by atoms with van der Waals surface area (Å²) in [5.74, 6) is 2.36. The van der Waals surface area contributed by atoms with E-state index in [2.05, 4.69) is 4.90 Å². The molecule has 1 aromatic carbocycles. The monoisotopic (exact) mass is 335 g/mol. The van der Waals surface area contributed by atoms with Crippen molar-refractivity contribution in [3.8, 4) is 17.2 Å². The van der Waals surface area contributed by atoms with Gasteiger partial charge in [0, 0.05) is 12.6 Å². The van der Waals surface area contributed by atoms with E-state index in [4.69, 9.17) is 18.9 Å². The van der Waals surface area contributed by atoms with Gasteiger partial charge in [-0.3, -0.25) is 4.79 Å². The number of benzene rings is 1. The normalized spacial score (nSPS) is 17.7. The molecular weight excluding hydrogens is 310 g/mol. The maximum absolute atomic E-state index is 11.7. The number of likely N-dealkylation sites (tertiary alicyclic amines) is 1. The topological polar surface area (TPSA) is 57.2 Å². The van der Waals surface area contributed by atoms with Crippen molar-refractivity contribution in [2.45, 2.75) is 26.2 Å². The van der Waals surface area contributed by atoms with Crippen LogP contribution in [0.4, 0.5) is 0 Å². The minimum atomic E-state index is -0.0386. The summed E-state index contributed by atoms with van der Waals surface area (Å²) in [4.78, 5) is 14.1. The van der Waals surface area contributed by atoms with Gasteiger partial charge in [0.25, 0.3) is 0 Å². The molecule has 24 heavy (non-hydrogen) atoms. The Morgan fingerprint density at radius 2 is 2.04 bits per heavy atom. The van der Waals surface area contributed by atoms with Gasteiger partial charge in [-0.15, -0.1) is 0 Å².